The summed E-state index contributed by atoms with van der Waals surface area (Å²) in [6.07, 6.45) is 4.23. The van der Waals surface area contributed by atoms with E-state index in [2.05, 4.69) is 20.7 Å². The molecule has 25 heavy (non-hydrogen) atoms. The van der Waals surface area contributed by atoms with Crippen LogP contribution in [0.3, 0.4) is 0 Å². The highest BCUT2D eigenvalue weighted by atomic mass is 32.1. The molecule has 0 unspecified atom stereocenters. The van der Waals surface area contributed by atoms with Gasteiger partial charge < -0.3 is 15.4 Å². The third-order valence-electron chi connectivity index (χ3n) is 3.33. The van der Waals surface area contributed by atoms with Crippen LogP contribution in [0.1, 0.15) is 12.6 Å². The van der Waals surface area contributed by atoms with Crippen LogP contribution in [0.15, 0.2) is 48.1 Å². The number of hydrogen-bond acceptors (Lipinski definition) is 5. The molecular formula is C17H19N5O2S. The van der Waals surface area contributed by atoms with Crippen molar-refractivity contribution in [2.24, 2.45) is 0 Å². The highest BCUT2D eigenvalue weighted by Gasteiger charge is 2.06. The molecule has 2 heterocycles. The average molecular weight is 357 g/mol. The SMILES string of the molecule is CCOc1ccc(NC(=O)NCCc2csc(-n3cccn3)n2)cc1. The van der Waals surface area contributed by atoms with Crippen LogP contribution in [0.5, 0.6) is 5.75 Å². The van der Waals surface area contributed by atoms with Crippen molar-refractivity contribution in [1.82, 2.24) is 20.1 Å². The fourth-order valence-electron chi connectivity index (χ4n) is 2.18. The number of urea groups is 1. The van der Waals surface area contributed by atoms with Crippen molar-refractivity contribution in [1.29, 1.82) is 0 Å². The summed E-state index contributed by atoms with van der Waals surface area (Å²) in [4.78, 5) is 16.4. The minimum atomic E-state index is -0.244. The number of anilines is 1. The number of nitrogens with zero attached hydrogens (tertiary/aromatic N) is 3. The Morgan fingerprint density at radius 3 is 2.88 bits per heavy atom. The van der Waals surface area contributed by atoms with Gasteiger partial charge in [-0.3, -0.25) is 0 Å². The topological polar surface area (TPSA) is 81.1 Å². The molecular weight excluding hydrogens is 338 g/mol. The molecule has 2 amide bonds. The van der Waals surface area contributed by atoms with Gasteiger partial charge in [-0.25, -0.2) is 14.5 Å². The van der Waals surface area contributed by atoms with E-state index in [9.17, 15) is 4.79 Å². The third kappa shape index (κ3) is 4.80. The van der Waals surface area contributed by atoms with E-state index in [0.717, 1.165) is 22.3 Å². The molecule has 0 aliphatic heterocycles. The van der Waals surface area contributed by atoms with E-state index in [0.29, 0.717) is 19.6 Å². The number of benzene rings is 1. The van der Waals surface area contributed by atoms with Gasteiger partial charge in [0.25, 0.3) is 0 Å². The Bertz CT molecular complexity index is 799. The Labute approximate surface area is 149 Å². The standard InChI is InChI=1S/C17H19N5O2S/c1-2-24-15-6-4-13(5-7-15)20-16(23)18-10-8-14-12-25-17(21-14)22-11-3-9-19-22/h3-7,9,11-12H,2,8,10H2,1H3,(H2,18,20,23). The lowest BCUT2D eigenvalue weighted by atomic mass is 10.3. The zero-order valence-electron chi connectivity index (χ0n) is 13.8. The van der Waals surface area contributed by atoms with Crippen molar-refractivity contribution in [3.8, 4) is 10.9 Å². The number of thiazole rings is 1. The van der Waals surface area contributed by atoms with Crippen LogP contribution in [0.25, 0.3) is 5.13 Å². The summed E-state index contributed by atoms with van der Waals surface area (Å²) in [5.41, 5.74) is 1.65. The molecule has 0 atom stereocenters. The third-order valence-corrected chi connectivity index (χ3v) is 4.21. The minimum Gasteiger partial charge on any atom is -0.494 e. The van der Waals surface area contributed by atoms with Crippen LogP contribution in [-0.2, 0) is 6.42 Å². The highest BCUT2D eigenvalue weighted by molar-refractivity contribution is 7.12. The van der Waals surface area contributed by atoms with Crippen molar-refractivity contribution < 1.29 is 9.53 Å². The zero-order chi connectivity index (χ0) is 17.5. The predicted molar refractivity (Wildman–Crippen MR) is 97.6 cm³/mol. The monoisotopic (exact) mass is 357 g/mol. The summed E-state index contributed by atoms with van der Waals surface area (Å²) in [7, 11) is 0. The molecule has 0 radical (unpaired) electrons. The number of ether oxygens (including phenoxy) is 1. The second-order valence-electron chi connectivity index (χ2n) is 5.16. The second-order valence-corrected chi connectivity index (χ2v) is 6.00. The first kappa shape index (κ1) is 17.0. The van der Waals surface area contributed by atoms with Gasteiger partial charge >= 0.3 is 6.03 Å². The molecule has 0 aliphatic carbocycles. The first-order chi connectivity index (χ1) is 12.2. The van der Waals surface area contributed by atoms with Crippen molar-refractivity contribution in [3.63, 3.8) is 0 Å². The number of nitrogens with one attached hydrogen (secondary N) is 2. The molecule has 0 aliphatic rings. The smallest absolute Gasteiger partial charge is 0.319 e. The second kappa shape index (κ2) is 8.29. The fraction of sp³-hybridized carbons (Fsp3) is 0.235. The predicted octanol–water partition coefficient (Wildman–Crippen LogP) is 3.09. The summed E-state index contributed by atoms with van der Waals surface area (Å²) in [5, 5.41) is 12.6. The van der Waals surface area contributed by atoms with Crippen LogP contribution in [0.4, 0.5) is 10.5 Å². The quantitative estimate of drug-likeness (QED) is 0.681. The number of carbonyl (C=O) groups is 1. The number of rotatable bonds is 7. The number of carbonyl (C=O) groups excluding carboxylic acids is 1. The Hall–Kier alpha value is -2.87. The molecule has 7 nitrogen and oxygen atoms in total. The largest absolute Gasteiger partial charge is 0.494 e. The van der Waals surface area contributed by atoms with E-state index in [-0.39, 0.29) is 6.03 Å². The maximum atomic E-state index is 11.9. The molecule has 8 heteroatoms. The lowest BCUT2D eigenvalue weighted by Crippen LogP contribution is -2.30. The normalized spacial score (nSPS) is 10.4. The molecule has 0 fully saturated rings. The van der Waals surface area contributed by atoms with Crippen molar-refractivity contribution >= 4 is 23.1 Å². The van der Waals surface area contributed by atoms with Gasteiger partial charge in [-0.15, -0.1) is 11.3 Å². The molecule has 3 rings (SSSR count). The fourth-order valence-corrected chi connectivity index (χ4v) is 2.98. The summed E-state index contributed by atoms with van der Waals surface area (Å²) >= 11 is 1.52. The van der Waals surface area contributed by atoms with Gasteiger partial charge in [0.15, 0.2) is 0 Å². The molecule has 0 spiro atoms. The van der Waals surface area contributed by atoms with Crippen LogP contribution in [0, 0.1) is 0 Å². The summed E-state index contributed by atoms with van der Waals surface area (Å²) in [5.74, 6) is 0.782. The number of hydrogen-bond donors (Lipinski definition) is 2. The number of amides is 2. The molecule has 1 aromatic carbocycles. The van der Waals surface area contributed by atoms with Gasteiger partial charge in [0, 0.05) is 36.4 Å². The lowest BCUT2D eigenvalue weighted by molar-refractivity contribution is 0.252. The summed E-state index contributed by atoms with van der Waals surface area (Å²) in [6.45, 7) is 3.05. The molecule has 0 saturated carbocycles. The van der Waals surface area contributed by atoms with Gasteiger partial charge in [0.1, 0.15) is 5.75 Å². The van der Waals surface area contributed by atoms with Crippen LogP contribution >= 0.6 is 11.3 Å². The van der Waals surface area contributed by atoms with E-state index >= 15 is 0 Å². The Morgan fingerprint density at radius 1 is 1.32 bits per heavy atom. The van der Waals surface area contributed by atoms with Crippen molar-refractivity contribution in [2.45, 2.75) is 13.3 Å². The molecule has 2 N–H and O–H groups in total. The van der Waals surface area contributed by atoms with Gasteiger partial charge in [-0.05, 0) is 37.3 Å². The maximum absolute atomic E-state index is 11.9. The van der Waals surface area contributed by atoms with Gasteiger partial charge in [0.2, 0.25) is 5.13 Å². The summed E-state index contributed by atoms with van der Waals surface area (Å²) in [6, 6.07) is 8.87. The van der Waals surface area contributed by atoms with Gasteiger partial charge in [0.05, 0.1) is 12.3 Å². The zero-order valence-corrected chi connectivity index (χ0v) is 14.6. The van der Waals surface area contributed by atoms with Gasteiger partial charge in [-0.2, -0.15) is 5.10 Å². The first-order valence-electron chi connectivity index (χ1n) is 7.96. The molecule has 0 bridgehead atoms. The van der Waals surface area contributed by atoms with E-state index in [4.69, 9.17) is 4.74 Å². The number of aromatic nitrogens is 3. The van der Waals surface area contributed by atoms with E-state index in [1.807, 2.05) is 36.7 Å². The molecule has 3 aromatic rings. The van der Waals surface area contributed by atoms with E-state index in [1.165, 1.54) is 11.3 Å². The Balaban J connectivity index is 1.43. The van der Waals surface area contributed by atoms with Crippen molar-refractivity contribution in [3.05, 3.63) is 53.8 Å². The summed E-state index contributed by atoms with van der Waals surface area (Å²) < 4.78 is 7.09. The molecule has 130 valence electrons. The molecule has 2 aromatic heterocycles. The van der Waals surface area contributed by atoms with E-state index in [1.54, 1.807) is 23.0 Å². The maximum Gasteiger partial charge on any atom is 0.319 e. The molecule has 0 saturated heterocycles. The Kier molecular flexibility index (Phi) is 5.63. The van der Waals surface area contributed by atoms with Crippen molar-refractivity contribution in [2.75, 3.05) is 18.5 Å². The minimum absolute atomic E-state index is 0.244. The average Bonchev–Trinajstić information content (AvgIpc) is 3.28. The van der Waals surface area contributed by atoms with Crippen LogP contribution in [-0.4, -0.2) is 33.9 Å². The van der Waals surface area contributed by atoms with Crippen LogP contribution < -0.4 is 15.4 Å². The Morgan fingerprint density at radius 2 is 2.16 bits per heavy atom. The van der Waals surface area contributed by atoms with Crippen LogP contribution in [0.2, 0.25) is 0 Å². The lowest BCUT2D eigenvalue weighted by Gasteiger charge is -2.08. The first-order valence-corrected chi connectivity index (χ1v) is 8.84. The van der Waals surface area contributed by atoms with Gasteiger partial charge in [-0.1, -0.05) is 0 Å². The van der Waals surface area contributed by atoms with E-state index < -0.39 is 0 Å². The highest BCUT2D eigenvalue weighted by Crippen LogP contribution is 2.16.